The second kappa shape index (κ2) is 6.87. The van der Waals surface area contributed by atoms with Crippen LogP contribution < -0.4 is 5.32 Å². The topological polar surface area (TPSA) is 41.6 Å². The van der Waals surface area contributed by atoms with Crippen molar-refractivity contribution in [3.05, 3.63) is 22.4 Å². The summed E-state index contributed by atoms with van der Waals surface area (Å²) in [6.45, 7) is 3.02. The van der Waals surface area contributed by atoms with Crippen molar-refractivity contribution in [1.29, 1.82) is 0 Å². The smallest absolute Gasteiger partial charge is 0.223 e. The fraction of sp³-hybridized carbons (Fsp3) is 0.615. The lowest BCUT2D eigenvalue weighted by molar-refractivity contribution is -0.131. The number of morpholine rings is 1. The predicted octanol–water partition coefficient (Wildman–Crippen LogP) is 1.13. The molecule has 0 radical (unpaired) electrons. The van der Waals surface area contributed by atoms with Gasteiger partial charge >= 0.3 is 0 Å². The maximum atomic E-state index is 12.0. The Kier molecular flexibility index (Phi) is 5.16. The Morgan fingerprint density at radius 2 is 2.56 bits per heavy atom. The van der Waals surface area contributed by atoms with Crippen molar-refractivity contribution in [1.82, 2.24) is 10.2 Å². The molecule has 4 nitrogen and oxygen atoms in total. The van der Waals surface area contributed by atoms with E-state index in [9.17, 15) is 4.79 Å². The number of nitrogens with one attached hydrogen (secondary N) is 1. The summed E-state index contributed by atoms with van der Waals surface area (Å²) in [5.41, 5.74) is 0. The SMILES string of the molecule is CN(CCc1cccs1)C(=O)CC1COCCN1. The van der Waals surface area contributed by atoms with Gasteiger partial charge in [0.1, 0.15) is 0 Å². The molecule has 1 aromatic rings. The van der Waals surface area contributed by atoms with Gasteiger partial charge in [0.05, 0.1) is 13.2 Å². The molecule has 100 valence electrons. The summed E-state index contributed by atoms with van der Waals surface area (Å²) in [5.74, 6) is 0.189. The van der Waals surface area contributed by atoms with E-state index in [0.717, 1.165) is 26.1 Å². The van der Waals surface area contributed by atoms with Gasteiger partial charge in [0, 0.05) is 37.5 Å². The quantitative estimate of drug-likeness (QED) is 0.870. The van der Waals surface area contributed by atoms with Gasteiger partial charge in [0.25, 0.3) is 0 Å². The molecule has 0 aliphatic carbocycles. The Bertz CT molecular complexity index is 361. The Morgan fingerprint density at radius 1 is 1.67 bits per heavy atom. The van der Waals surface area contributed by atoms with Gasteiger partial charge in [-0.3, -0.25) is 4.79 Å². The zero-order valence-electron chi connectivity index (χ0n) is 10.7. The van der Waals surface area contributed by atoms with E-state index >= 15 is 0 Å². The monoisotopic (exact) mass is 268 g/mol. The third-order valence-corrected chi connectivity index (χ3v) is 4.06. The molecule has 1 saturated heterocycles. The number of likely N-dealkylation sites (N-methyl/N-ethyl adjacent to an activating group) is 1. The van der Waals surface area contributed by atoms with Gasteiger partial charge in [-0.1, -0.05) is 6.07 Å². The summed E-state index contributed by atoms with van der Waals surface area (Å²) in [5, 5.41) is 5.37. The summed E-state index contributed by atoms with van der Waals surface area (Å²) in [6.07, 6.45) is 1.47. The van der Waals surface area contributed by atoms with Gasteiger partial charge in [-0.2, -0.15) is 0 Å². The molecule has 0 bridgehead atoms. The molecule has 1 aliphatic rings. The molecule has 1 unspecified atom stereocenters. The first kappa shape index (κ1) is 13.5. The molecule has 1 aliphatic heterocycles. The molecule has 1 N–H and O–H groups in total. The van der Waals surface area contributed by atoms with Crippen LogP contribution in [0.5, 0.6) is 0 Å². The first-order valence-corrected chi connectivity index (χ1v) is 7.21. The number of amides is 1. The van der Waals surface area contributed by atoms with Gasteiger partial charge < -0.3 is 15.0 Å². The van der Waals surface area contributed by atoms with E-state index in [1.807, 2.05) is 18.0 Å². The highest BCUT2D eigenvalue weighted by Gasteiger charge is 2.19. The fourth-order valence-electron chi connectivity index (χ4n) is 1.97. The van der Waals surface area contributed by atoms with Crippen molar-refractivity contribution in [3.8, 4) is 0 Å². The van der Waals surface area contributed by atoms with Crippen LogP contribution in [0.4, 0.5) is 0 Å². The summed E-state index contributed by atoms with van der Waals surface area (Å²) in [6, 6.07) is 4.33. The number of carbonyl (C=O) groups excluding carboxylic acids is 1. The molecular formula is C13H20N2O2S. The van der Waals surface area contributed by atoms with Crippen LogP contribution in [0, 0.1) is 0 Å². The molecule has 0 saturated carbocycles. The van der Waals surface area contributed by atoms with E-state index < -0.39 is 0 Å². The van der Waals surface area contributed by atoms with Crippen molar-refractivity contribution in [2.75, 3.05) is 33.4 Å². The lowest BCUT2D eigenvalue weighted by atomic mass is 10.2. The molecule has 0 aromatic carbocycles. The zero-order valence-corrected chi connectivity index (χ0v) is 11.5. The highest BCUT2D eigenvalue weighted by molar-refractivity contribution is 7.09. The van der Waals surface area contributed by atoms with Crippen LogP contribution in [0.15, 0.2) is 17.5 Å². The van der Waals surface area contributed by atoms with Crippen molar-refractivity contribution in [3.63, 3.8) is 0 Å². The number of ether oxygens (including phenoxy) is 1. The van der Waals surface area contributed by atoms with Crippen LogP contribution in [0.2, 0.25) is 0 Å². The van der Waals surface area contributed by atoms with Crippen LogP contribution in [-0.2, 0) is 16.0 Å². The molecule has 5 heteroatoms. The van der Waals surface area contributed by atoms with Crippen LogP contribution in [0.3, 0.4) is 0 Å². The maximum Gasteiger partial charge on any atom is 0.223 e. The highest BCUT2D eigenvalue weighted by Crippen LogP contribution is 2.10. The van der Waals surface area contributed by atoms with Gasteiger partial charge in [-0.15, -0.1) is 11.3 Å². The number of carbonyl (C=O) groups is 1. The third kappa shape index (κ3) is 4.08. The molecule has 1 fully saturated rings. The minimum atomic E-state index is 0.176. The predicted molar refractivity (Wildman–Crippen MR) is 72.9 cm³/mol. The number of hydrogen-bond donors (Lipinski definition) is 1. The molecular weight excluding hydrogens is 248 g/mol. The van der Waals surface area contributed by atoms with E-state index in [4.69, 9.17) is 4.74 Å². The summed E-state index contributed by atoms with van der Waals surface area (Å²) < 4.78 is 5.35. The number of rotatable bonds is 5. The van der Waals surface area contributed by atoms with Gasteiger partial charge in [0.15, 0.2) is 0 Å². The lowest BCUT2D eigenvalue weighted by Crippen LogP contribution is -2.44. The summed E-state index contributed by atoms with van der Waals surface area (Å²) in [4.78, 5) is 15.1. The standard InChI is InChI=1S/C13H20N2O2S/c1-15(6-4-12-3-2-8-18-12)13(16)9-11-10-17-7-5-14-11/h2-3,8,11,14H,4-7,9-10H2,1H3. The third-order valence-electron chi connectivity index (χ3n) is 3.12. The Balaban J connectivity index is 1.70. The van der Waals surface area contributed by atoms with Gasteiger partial charge in [-0.05, 0) is 17.9 Å². The van der Waals surface area contributed by atoms with E-state index in [-0.39, 0.29) is 11.9 Å². The van der Waals surface area contributed by atoms with Crippen molar-refractivity contribution in [2.45, 2.75) is 18.9 Å². The number of thiophene rings is 1. The second-order valence-corrected chi connectivity index (χ2v) is 5.61. The van der Waals surface area contributed by atoms with E-state index in [2.05, 4.69) is 16.8 Å². The van der Waals surface area contributed by atoms with Crippen molar-refractivity contribution >= 4 is 17.2 Å². The van der Waals surface area contributed by atoms with Crippen LogP contribution in [0.25, 0.3) is 0 Å². The number of nitrogens with zero attached hydrogens (tertiary/aromatic N) is 1. The van der Waals surface area contributed by atoms with Gasteiger partial charge in [-0.25, -0.2) is 0 Å². The van der Waals surface area contributed by atoms with Crippen LogP contribution in [0.1, 0.15) is 11.3 Å². The largest absolute Gasteiger partial charge is 0.378 e. The summed E-state index contributed by atoms with van der Waals surface area (Å²) >= 11 is 1.74. The molecule has 2 rings (SSSR count). The van der Waals surface area contributed by atoms with Crippen LogP contribution >= 0.6 is 11.3 Å². The molecule has 1 atom stereocenters. The first-order valence-electron chi connectivity index (χ1n) is 6.33. The van der Waals surface area contributed by atoms with E-state index in [1.165, 1.54) is 4.88 Å². The number of hydrogen-bond acceptors (Lipinski definition) is 4. The Labute approximate surface area is 112 Å². The normalized spacial score (nSPS) is 19.7. The second-order valence-electron chi connectivity index (χ2n) is 4.57. The molecule has 1 aromatic heterocycles. The highest BCUT2D eigenvalue weighted by atomic mass is 32.1. The maximum absolute atomic E-state index is 12.0. The molecule has 1 amide bonds. The average molecular weight is 268 g/mol. The Morgan fingerprint density at radius 3 is 3.22 bits per heavy atom. The molecule has 18 heavy (non-hydrogen) atoms. The first-order chi connectivity index (χ1) is 8.75. The summed E-state index contributed by atoms with van der Waals surface area (Å²) in [7, 11) is 1.87. The van der Waals surface area contributed by atoms with Crippen molar-refractivity contribution in [2.24, 2.45) is 0 Å². The minimum absolute atomic E-state index is 0.176. The van der Waals surface area contributed by atoms with E-state index in [1.54, 1.807) is 11.3 Å². The van der Waals surface area contributed by atoms with Crippen molar-refractivity contribution < 1.29 is 9.53 Å². The molecule has 0 spiro atoms. The lowest BCUT2D eigenvalue weighted by Gasteiger charge is -2.25. The zero-order chi connectivity index (χ0) is 12.8. The minimum Gasteiger partial charge on any atom is -0.378 e. The van der Waals surface area contributed by atoms with Crippen LogP contribution in [-0.4, -0.2) is 50.2 Å². The van der Waals surface area contributed by atoms with Gasteiger partial charge in [0.2, 0.25) is 5.91 Å². The fourth-order valence-corrected chi connectivity index (χ4v) is 2.67. The Hall–Kier alpha value is -0.910. The average Bonchev–Trinajstić information content (AvgIpc) is 2.90. The van der Waals surface area contributed by atoms with E-state index in [0.29, 0.717) is 13.0 Å². The molecule has 2 heterocycles.